The van der Waals surface area contributed by atoms with Gasteiger partial charge in [0.1, 0.15) is 5.82 Å². The number of halogens is 1. The summed E-state index contributed by atoms with van der Waals surface area (Å²) in [5.41, 5.74) is 0.833. The van der Waals surface area contributed by atoms with Crippen LogP contribution in [0.15, 0.2) is 18.3 Å². The Hall–Kier alpha value is -2.15. The Morgan fingerprint density at radius 1 is 1.31 bits per heavy atom. The van der Waals surface area contributed by atoms with Gasteiger partial charge >= 0.3 is 0 Å². The first-order valence-corrected chi connectivity index (χ1v) is 9.28. The third-order valence-electron chi connectivity index (χ3n) is 4.70. The van der Waals surface area contributed by atoms with E-state index in [1.807, 2.05) is 28.8 Å². The summed E-state index contributed by atoms with van der Waals surface area (Å²) in [5, 5.41) is 8.43. The zero-order valence-corrected chi connectivity index (χ0v) is 16.4. The third-order valence-corrected chi connectivity index (χ3v) is 4.90. The minimum atomic E-state index is 0.118. The molecule has 1 aliphatic rings. The summed E-state index contributed by atoms with van der Waals surface area (Å²) in [4.78, 5) is 21.4. The van der Waals surface area contributed by atoms with Crippen LogP contribution in [0.4, 0.5) is 5.82 Å². The van der Waals surface area contributed by atoms with E-state index in [4.69, 9.17) is 11.6 Å². The van der Waals surface area contributed by atoms with Gasteiger partial charge in [0, 0.05) is 44.8 Å². The van der Waals surface area contributed by atoms with Crippen LogP contribution in [0, 0.1) is 0 Å². The fourth-order valence-corrected chi connectivity index (χ4v) is 3.52. The van der Waals surface area contributed by atoms with E-state index in [1.165, 1.54) is 0 Å². The van der Waals surface area contributed by atoms with Gasteiger partial charge < -0.3 is 14.4 Å². The second-order valence-corrected chi connectivity index (χ2v) is 7.52. The maximum atomic E-state index is 12.7. The third kappa shape index (κ3) is 3.98. The number of nitrogens with zero attached hydrogens (tertiary/aromatic N) is 6. The van der Waals surface area contributed by atoms with E-state index < -0.39 is 0 Å². The number of anilines is 1. The number of hydrogen-bond acceptors (Lipinski definition) is 5. The fourth-order valence-electron chi connectivity index (χ4n) is 3.42. The average molecular weight is 377 g/mol. The molecule has 26 heavy (non-hydrogen) atoms. The monoisotopic (exact) mass is 376 g/mol. The van der Waals surface area contributed by atoms with Crippen LogP contribution >= 0.6 is 11.6 Å². The van der Waals surface area contributed by atoms with Crippen LogP contribution in [0.1, 0.15) is 38.2 Å². The van der Waals surface area contributed by atoms with Crippen LogP contribution in [0.2, 0.25) is 5.15 Å². The molecule has 2 aromatic heterocycles. The lowest BCUT2D eigenvalue weighted by Gasteiger charge is -2.40. The Morgan fingerprint density at radius 2 is 2.08 bits per heavy atom. The highest BCUT2D eigenvalue weighted by atomic mass is 35.5. The molecule has 140 valence electrons. The largest absolute Gasteiger partial charge is 0.349 e. The molecule has 1 amide bonds. The number of carbonyl (C=O) groups is 1. The Balaban J connectivity index is 1.62. The predicted molar refractivity (Wildman–Crippen MR) is 101 cm³/mol. The lowest BCUT2D eigenvalue weighted by atomic mass is 10.1. The van der Waals surface area contributed by atoms with Crippen LogP contribution in [0.25, 0.3) is 0 Å². The molecule has 0 radical (unpaired) electrons. The standard InChI is InChI=1S/C18H25ClN6O/c1-12(2)18-20-14(11-23(18)4)9-17(26)24-7-8-25(13(3)10-24)16-6-5-15(19)21-22-16/h5-6,11-13H,7-10H2,1-4H3/t13-/m1/s1. The van der Waals surface area contributed by atoms with Crippen LogP contribution < -0.4 is 4.90 Å². The summed E-state index contributed by atoms with van der Waals surface area (Å²) in [6, 6.07) is 3.77. The zero-order chi connectivity index (χ0) is 18.8. The number of aromatic nitrogens is 4. The number of piperazine rings is 1. The van der Waals surface area contributed by atoms with Crippen molar-refractivity contribution < 1.29 is 4.79 Å². The van der Waals surface area contributed by atoms with Crippen molar-refractivity contribution in [3.05, 3.63) is 35.0 Å². The Labute approximate surface area is 159 Å². The quantitative estimate of drug-likeness (QED) is 0.818. The molecule has 0 N–H and O–H groups in total. The number of hydrogen-bond donors (Lipinski definition) is 0. The fraction of sp³-hybridized carbons (Fsp3) is 0.556. The molecule has 0 unspecified atom stereocenters. The topological polar surface area (TPSA) is 67.2 Å². The van der Waals surface area contributed by atoms with Gasteiger partial charge in [-0.2, -0.15) is 0 Å². The second kappa shape index (κ2) is 7.61. The Kier molecular flexibility index (Phi) is 5.46. The summed E-state index contributed by atoms with van der Waals surface area (Å²) in [5.74, 6) is 2.26. The Morgan fingerprint density at radius 3 is 2.65 bits per heavy atom. The van der Waals surface area contributed by atoms with E-state index in [0.29, 0.717) is 30.6 Å². The SMILES string of the molecule is CC(C)c1nc(CC(=O)N2CCN(c3ccc(Cl)nn3)[C@H](C)C2)cn1C. The number of rotatable bonds is 4. The van der Waals surface area contributed by atoms with E-state index in [0.717, 1.165) is 23.9 Å². The van der Waals surface area contributed by atoms with E-state index >= 15 is 0 Å². The molecule has 7 nitrogen and oxygen atoms in total. The number of carbonyl (C=O) groups excluding carboxylic acids is 1. The van der Waals surface area contributed by atoms with Gasteiger partial charge in [-0.3, -0.25) is 4.79 Å². The summed E-state index contributed by atoms with van der Waals surface area (Å²) in [6.07, 6.45) is 2.30. The molecule has 1 saturated heterocycles. The molecule has 2 aromatic rings. The molecule has 0 saturated carbocycles. The number of imidazole rings is 1. The molecule has 0 aromatic carbocycles. The highest BCUT2D eigenvalue weighted by molar-refractivity contribution is 6.29. The van der Waals surface area contributed by atoms with Gasteiger partial charge in [0.25, 0.3) is 0 Å². The van der Waals surface area contributed by atoms with Crippen molar-refractivity contribution in [2.24, 2.45) is 7.05 Å². The average Bonchev–Trinajstić information content (AvgIpc) is 2.96. The van der Waals surface area contributed by atoms with Crippen molar-refractivity contribution in [1.82, 2.24) is 24.6 Å². The molecule has 1 aliphatic heterocycles. The van der Waals surface area contributed by atoms with E-state index in [2.05, 4.69) is 40.9 Å². The van der Waals surface area contributed by atoms with Crippen molar-refractivity contribution in [1.29, 1.82) is 0 Å². The first kappa shape index (κ1) is 18.6. The minimum absolute atomic E-state index is 0.118. The van der Waals surface area contributed by atoms with Gasteiger partial charge in [0.2, 0.25) is 5.91 Å². The van der Waals surface area contributed by atoms with Crippen LogP contribution in [0.5, 0.6) is 0 Å². The van der Waals surface area contributed by atoms with Gasteiger partial charge in [-0.15, -0.1) is 10.2 Å². The van der Waals surface area contributed by atoms with E-state index in [9.17, 15) is 4.79 Å². The second-order valence-electron chi connectivity index (χ2n) is 7.13. The molecular formula is C18H25ClN6O. The van der Waals surface area contributed by atoms with Crippen molar-refractivity contribution in [2.75, 3.05) is 24.5 Å². The van der Waals surface area contributed by atoms with E-state index in [-0.39, 0.29) is 11.9 Å². The van der Waals surface area contributed by atoms with Crippen molar-refractivity contribution in [2.45, 2.75) is 39.2 Å². The summed E-state index contributed by atoms with van der Waals surface area (Å²) < 4.78 is 2.01. The van der Waals surface area contributed by atoms with Crippen molar-refractivity contribution in [3.63, 3.8) is 0 Å². The van der Waals surface area contributed by atoms with Crippen molar-refractivity contribution in [3.8, 4) is 0 Å². The number of aryl methyl sites for hydroxylation is 1. The minimum Gasteiger partial charge on any atom is -0.349 e. The maximum Gasteiger partial charge on any atom is 0.228 e. The van der Waals surface area contributed by atoms with Gasteiger partial charge in [-0.25, -0.2) is 4.98 Å². The normalized spacial score (nSPS) is 17.8. The van der Waals surface area contributed by atoms with Gasteiger partial charge in [0.15, 0.2) is 11.0 Å². The summed E-state index contributed by atoms with van der Waals surface area (Å²) in [6.45, 7) is 8.35. The molecule has 1 fully saturated rings. The maximum absolute atomic E-state index is 12.7. The Bertz CT molecular complexity index is 772. The molecule has 8 heteroatoms. The highest BCUT2D eigenvalue weighted by Gasteiger charge is 2.28. The molecule has 0 bridgehead atoms. The first-order chi connectivity index (χ1) is 12.3. The van der Waals surface area contributed by atoms with Gasteiger partial charge in [-0.05, 0) is 19.1 Å². The molecule has 3 heterocycles. The molecule has 0 spiro atoms. The molecular weight excluding hydrogens is 352 g/mol. The smallest absolute Gasteiger partial charge is 0.228 e. The molecule has 1 atom stereocenters. The van der Waals surface area contributed by atoms with E-state index in [1.54, 1.807) is 6.07 Å². The van der Waals surface area contributed by atoms with Crippen LogP contribution in [-0.4, -0.2) is 56.2 Å². The first-order valence-electron chi connectivity index (χ1n) is 8.91. The lowest BCUT2D eigenvalue weighted by molar-refractivity contribution is -0.131. The summed E-state index contributed by atoms with van der Waals surface area (Å²) in [7, 11) is 1.98. The predicted octanol–water partition coefficient (Wildman–Crippen LogP) is 2.27. The lowest BCUT2D eigenvalue weighted by Crippen LogP contribution is -2.54. The summed E-state index contributed by atoms with van der Waals surface area (Å²) >= 11 is 5.81. The van der Waals surface area contributed by atoms with Gasteiger partial charge in [-0.1, -0.05) is 25.4 Å². The number of amides is 1. The van der Waals surface area contributed by atoms with Crippen LogP contribution in [0.3, 0.4) is 0 Å². The van der Waals surface area contributed by atoms with Crippen LogP contribution in [-0.2, 0) is 18.3 Å². The highest BCUT2D eigenvalue weighted by Crippen LogP contribution is 2.20. The zero-order valence-electron chi connectivity index (χ0n) is 15.7. The van der Waals surface area contributed by atoms with Gasteiger partial charge in [0.05, 0.1) is 12.1 Å². The molecule has 3 rings (SSSR count). The molecule has 0 aliphatic carbocycles. The van der Waals surface area contributed by atoms with Crippen molar-refractivity contribution >= 4 is 23.3 Å².